The van der Waals surface area contributed by atoms with Crippen molar-refractivity contribution in [3.63, 3.8) is 0 Å². The number of aryl methyl sites for hydroxylation is 1. The molecule has 0 aliphatic heterocycles. The molecule has 0 aliphatic rings. The van der Waals surface area contributed by atoms with Crippen LogP contribution in [-0.2, 0) is 17.6 Å². The molecule has 0 bridgehead atoms. The van der Waals surface area contributed by atoms with Crippen LogP contribution in [0.5, 0.6) is 0 Å². The van der Waals surface area contributed by atoms with Crippen molar-refractivity contribution in [1.82, 2.24) is 5.32 Å². The number of rotatable bonds is 8. The molecule has 23 heavy (non-hydrogen) atoms. The van der Waals surface area contributed by atoms with Gasteiger partial charge >= 0.3 is 0 Å². The minimum Gasteiger partial charge on any atom is -0.396 e. The Morgan fingerprint density at radius 2 is 1.70 bits per heavy atom. The van der Waals surface area contributed by atoms with Crippen LogP contribution >= 0.6 is 0 Å². The first-order valence-corrected chi connectivity index (χ1v) is 8.23. The Morgan fingerprint density at radius 3 is 2.30 bits per heavy atom. The first-order chi connectivity index (χ1) is 11.2. The molecular weight excluding hydrogens is 286 g/mol. The van der Waals surface area contributed by atoms with E-state index in [1.54, 1.807) is 0 Å². The minimum absolute atomic E-state index is 0.0214. The number of amides is 1. The highest BCUT2D eigenvalue weighted by molar-refractivity contribution is 5.78. The topological polar surface area (TPSA) is 49.3 Å². The van der Waals surface area contributed by atoms with Crippen molar-refractivity contribution in [2.75, 3.05) is 13.2 Å². The van der Waals surface area contributed by atoms with Crippen molar-refractivity contribution in [3.05, 3.63) is 71.3 Å². The van der Waals surface area contributed by atoms with Gasteiger partial charge in [-0.1, -0.05) is 61.5 Å². The Kier molecular flexibility index (Phi) is 6.82. The van der Waals surface area contributed by atoms with Crippen LogP contribution in [0, 0.1) is 0 Å². The highest BCUT2D eigenvalue weighted by Crippen LogP contribution is 2.18. The quantitative estimate of drug-likeness (QED) is 0.787. The van der Waals surface area contributed by atoms with Gasteiger partial charge < -0.3 is 10.4 Å². The molecule has 0 spiro atoms. The van der Waals surface area contributed by atoms with Gasteiger partial charge in [-0.15, -0.1) is 0 Å². The van der Waals surface area contributed by atoms with Crippen molar-refractivity contribution in [1.29, 1.82) is 0 Å². The van der Waals surface area contributed by atoms with Gasteiger partial charge in [-0.25, -0.2) is 0 Å². The predicted molar refractivity (Wildman–Crippen MR) is 93.4 cm³/mol. The summed E-state index contributed by atoms with van der Waals surface area (Å²) in [5.41, 5.74) is 3.45. The number of carbonyl (C=O) groups is 1. The molecule has 3 nitrogen and oxygen atoms in total. The molecule has 0 saturated heterocycles. The monoisotopic (exact) mass is 311 g/mol. The molecule has 1 amide bonds. The van der Waals surface area contributed by atoms with E-state index in [4.69, 9.17) is 0 Å². The summed E-state index contributed by atoms with van der Waals surface area (Å²) in [5, 5.41) is 12.2. The van der Waals surface area contributed by atoms with Crippen molar-refractivity contribution < 1.29 is 9.90 Å². The summed E-state index contributed by atoms with van der Waals surface area (Å²) in [4.78, 5) is 12.1. The predicted octanol–water partition coefficient (Wildman–Crippen LogP) is 3.07. The highest BCUT2D eigenvalue weighted by atomic mass is 16.3. The lowest BCUT2D eigenvalue weighted by Gasteiger charge is -2.17. The summed E-state index contributed by atoms with van der Waals surface area (Å²) in [6.07, 6.45) is 2.05. The molecule has 0 fully saturated rings. The minimum atomic E-state index is 0.0214. The lowest BCUT2D eigenvalue weighted by atomic mass is 9.96. The van der Waals surface area contributed by atoms with Crippen LogP contribution in [0.2, 0.25) is 0 Å². The van der Waals surface area contributed by atoms with E-state index in [0.29, 0.717) is 19.4 Å². The van der Waals surface area contributed by atoms with Crippen LogP contribution in [0.4, 0.5) is 0 Å². The second-order valence-electron chi connectivity index (χ2n) is 5.77. The van der Waals surface area contributed by atoms with E-state index in [0.717, 1.165) is 17.5 Å². The highest BCUT2D eigenvalue weighted by Gasteiger charge is 2.12. The van der Waals surface area contributed by atoms with Gasteiger partial charge in [-0.2, -0.15) is 0 Å². The van der Waals surface area contributed by atoms with E-state index in [2.05, 4.69) is 24.4 Å². The Labute approximate surface area is 138 Å². The molecule has 3 heteroatoms. The number of aliphatic hydroxyl groups excluding tert-OH is 1. The van der Waals surface area contributed by atoms with Crippen molar-refractivity contribution >= 4 is 5.91 Å². The molecule has 0 radical (unpaired) electrons. The fraction of sp³-hybridized carbons (Fsp3) is 0.350. The van der Waals surface area contributed by atoms with Crippen LogP contribution in [0.3, 0.4) is 0 Å². The maximum absolute atomic E-state index is 12.1. The van der Waals surface area contributed by atoms with E-state index in [-0.39, 0.29) is 18.4 Å². The standard InChI is InChI=1S/C20H25NO2/c1-2-16-8-10-17(11-9-16)14-20(23)21-15-19(12-13-22)18-6-4-3-5-7-18/h3-11,19,22H,2,12-15H2,1H3,(H,21,23). The molecule has 0 aromatic heterocycles. The summed E-state index contributed by atoms with van der Waals surface area (Å²) in [5.74, 6) is 0.167. The molecule has 1 unspecified atom stereocenters. The van der Waals surface area contributed by atoms with E-state index in [1.807, 2.05) is 42.5 Å². The van der Waals surface area contributed by atoms with E-state index >= 15 is 0 Å². The van der Waals surface area contributed by atoms with Crippen LogP contribution in [0.15, 0.2) is 54.6 Å². The number of carbonyl (C=O) groups excluding carboxylic acids is 1. The van der Waals surface area contributed by atoms with Gasteiger partial charge in [-0.3, -0.25) is 4.79 Å². The Balaban J connectivity index is 1.88. The molecule has 0 aliphatic carbocycles. The fourth-order valence-electron chi connectivity index (χ4n) is 2.65. The van der Waals surface area contributed by atoms with Gasteiger partial charge in [0.2, 0.25) is 5.91 Å². The number of nitrogens with one attached hydrogen (secondary N) is 1. The Morgan fingerprint density at radius 1 is 1.04 bits per heavy atom. The number of hydrogen-bond acceptors (Lipinski definition) is 2. The van der Waals surface area contributed by atoms with Crippen molar-refractivity contribution in [2.45, 2.75) is 32.1 Å². The van der Waals surface area contributed by atoms with Crippen LogP contribution < -0.4 is 5.32 Å². The number of hydrogen-bond donors (Lipinski definition) is 2. The van der Waals surface area contributed by atoms with E-state index in [9.17, 15) is 9.90 Å². The fourth-order valence-corrected chi connectivity index (χ4v) is 2.65. The first kappa shape index (κ1) is 17.2. The molecule has 2 aromatic rings. The molecule has 122 valence electrons. The van der Waals surface area contributed by atoms with Crippen LogP contribution in [0.1, 0.15) is 36.0 Å². The SMILES string of the molecule is CCc1ccc(CC(=O)NCC(CCO)c2ccccc2)cc1. The van der Waals surface area contributed by atoms with Gasteiger partial charge in [0, 0.05) is 19.1 Å². The number of benzene rings is 2. The summed E-state index contributed by atoms with van der Waals surface area (Å²) >= 11 is 0. The lowest BCUT2D eigenvalue weighted by Crippen LogP contribution is -2.30. The normalized spacial score (nSPS) is 11.9. The smallest absolute Gasteiger partial charge is 0.224 e. The van der Waals surface area contributed by atoms with Gasteiger partial charge in [-0.05, 0) is 29.5 Å². The summed E-state index contributed by atoms with van der Waals surface area (Å²) in [7, 11) is 0. The maximum atomic E-state index is 12.1. The second-order valence-corrected chi connectivity index (χ2v) is 5.77. The summed E-state index contributed by atoms with van der Waals surface area (Å²) in [6.45, 7) is 2.79. The third-order valence-electron chi connectivity index (χ3n) is 4.09. The second kappa shape index (κ2) is 9.11. The van der Waals surface area contributed by atoms with Crippen molar-refractivity contribution in [3.8, 4) is 0 Å². The summed E-state index contributed by atoms with van der Waals surface area (Å²) in [6, 6.07) is 18.2. The summed E-state index contributed by atoms with van der Waals surface area (Å²) < 4.78 is 0. The van der Waals surface area contributed by atoms with E-state index < -0.39 is 0 Å². The maximum Gasteiger partial charge on any atom is 0.224 e. The van der Waals surface area contributed by atoms with Gasteiger partial charge in [0.1, 0.15) is 0 Å². The molecule has 2 N–H and O–H groups in total. The largest absolute Gasteiger partial charge is 0.396 e. The Bertz CT molecular complexity index is 593. The third kappa shape index (κ3) is 5.53. The molecule has 2 rings (SSSR count). The van der Waals surface area contributed by atoms with Crippen LogP contribution in [0.25, 0.3) is 0 Å². The zero-order chi connectivity index (χ0) is 16.5. The van der Waals surface area contributed by atoms with Gasteiger partial charge in [0.05, 0.1) is 6.42 Å². The van der Waals surface area contributed by atoms with Crippen LogP contribution in [-0.4, -0.2) is 24.2 Å². The average molecular weight is 311 g/mol. The van der Waals surface area contributed by atoms with Gasteiger partial charge in [0.15, 0.2) is 0 Å². The lowest BCUT2D eigenvalue weighted by molar-refractivity contribution is -0.120. The zero-order valence-electron chi connectivity index (χ0n) is 13.7. The molecular formula is C20H25NO2. The van der Waals surface area contributed by atoms with Gasteiger partial charge in [0.25, 0.3) is 0 Å². The van der Waals surface area contributed by atoms with E-state index in [1.165, 1.54) is 5.56 Å². The number of aliphatic hydroxyl groups is 1. The van der Waals surface area contributed by atoms with Crippen molar-refractivity contribution in [2.24, 2.45) is 0 Å². The zero-order valence-corrected chi connectivity index (χ0v) is 13.7. The molecule has 1 atom stereocenters. The average Bonchev–Trinajstić information content (AvgIpc) is 2.60. The molecule has 0 heterocycles. The molecule has 0 saturated carbocycles. The first-order valence-electron chi connectivity index (χ1n) is 8.23. The third-order valence-corrected chi connectivity index (χ3v) is 4.09. The Hall–Kier alpha value is -2.13. The molecule has 2 aromatic carbocycles.